The average Bonchev–Trinajstić information content (AvgIpc) is 2.35. The fourth-order valence-corrected chi connectivity index (χ4v) is 1.99. The first-order valence-corrected chi connectivity index (χ1v) is 6.11. The number of nitrogens with one attached hydrogen (secondary N) is 2. The Hall–Kier alpha value is -1.91. The normalized spacial score (nSPS) is 19.2. The molecule has 2 amide bonds. The third-order valence-electron chi connectivity index (χ3n) is 3.08. The standard InChI is InChI=1S/C13H17N3O2/c1-9-3-2-6-14-11(9)7-13(18)16-10-4-5-12(17)15-8-10/h2-3,6,10H,4-5,7-8H2,1H3,(H,15,17)(H,16,18). The molecule has 0 aliphatic carbocycles. The maximum atomic E-state index is 11.9. The molecule has 0 aromatic carbocycles. The van der Waals surface area contributed by atoms with Gasteiger partial charge in [-0.3, -0.25) is 14.6 Å². The minimum Gasteiger partial charge on any atom is -0.354 e. The summed E-state index contributed by atoms with van der Waals surface area (Å²) in [5, 5.41) is 5.66. The van der Waals surface area contributed by atoms with E-state index >= 15 is 0 Å². The molecule has 2 N–H and O–H groups in total. The monoisotopic (exact) mass is 247 g/mol. The van der Waals surface area contributed by atoms with E-state index in [0.29, 0.717) is 19.4 Å². The second kappa shape index (κ2) is 5.62. The molecule has 2 rings (SSSR count). The number of nitrogens with zero attached hydrogens (tertiary/aromatic N) is 1. The predicted molar refractivity (Wildman–Crippen MR) is 66.9 cm³/mol. The second-order valence-electron chi connectivity index (χ2n) is 4.55. The fraction of sp³-hybridized carbons (Fsp3) is 0.462. The largest absolute Gasteiger partial charge is 0.354 e. The summed E-state index contributed by atoms with van der Waals surface area (Å²) in [7, 11) is 0. The zero-order valence-electron chi connectivity index (χ0n) is 10.4. The Kier molecular flexibility index (Phi) is 3.92. The quantitative estimate of drug-likeness (QED) is 0.808. The van der Waals surface area contributed by atoms with Gasteiger partial charge in [0.25, 0.3) is 0 Å². The smallest absolute Gasteiger partial charge is 0.226 e. The molecule has 96 valence electrons. The summed E-state index contributed by atoms with van der Waals surface area (Å²) in [6.45, 7) is 2.46. The highest BCUT2D eigenvalue weighted by Crippen LogP contribution is 2.06. The summed E-state index contributed by atoms with van der Waals surface area (Å²) in [4.78, 5) is 27.0. The van der Waals surface area contributed by atoms with Crippen LogP contribution in [0.5, 0.6) is 0 Å². The number of piperidine rings is 1. The van der Waals surface area contributed by atoms with Crippen LogP contribution in [0.3, 0.4) is 0 Å². The molecule has 0 spiro atoms. The number of aromatic nitrogens is 1. The Morgan fingerprint density at radius 1 is 1.61 bits per heavy atom. The number of rotatable bonds is 3. The highest BCUT2D eigenvalue weighted by Gasteiger charge is 2.19. The van der Waals surface area contributed by atoms with Crippen LogP contribution in [0.2, 0.25) is 0 Å². The van der Waals surface area contributed by atoms with E-state index in [9.17, 15) is 9.59 Å². The van der Waals surface area contributed by atoms with Crippen LogP contribution in [0.1, 0.15) is 24.1 Å². The van der Waals surface area contributed by atoms with E-state index in [-0.39, 0.29) is 24.3 Å². The molecular weight excluding hydrogens is 230 g/mol. The van der Waals surface area contributed by atoms with Crippen LogP contribution in [-0.2, 0) is 16.0 Å². The van der Waals surface area contributed by atoms with Crippen LogP contribution in [0.25, 0.3) is 0 Å². The minimum absolute atomic E-state index is 0.0409. The maximum absolute atomic E-state index is 11.9. The van der Waals surface area contributed by atoms with Gasteiger partial charge in [-0.1, -0.05) is 6.07 Å². The van der Waals surface area contributed by atoms with Crippen molar-refractivity contribution in [2.75, 3.05) is 6.54 Å². The lowest BCUT2D eigenvalue weighted by atomic mass is 10.1. The van der Waals surface area contributed by atoms with Crippen LogP contribution in [0, 0.1) is 6.92 Å². The van der Waals surface area contributed by atoms with Crippen molar-refractivity contribution < 1.29 is 9.59 Å². The van der Waals surface area contributed by atoms with Crippen molar-refractivity contribution in [3.8, 4) is 0 Å². The lowest BCUT2D eigenvalue weighted by Gasteiger charge is -2.23. The van der Waals surface area contributed by atoms with Gasteiger partial charge in [-0.2, -0.15) is 0 Å². The number of aryl methyl sites for hydroxylation is 1. The molecule has 5 heteroatoms. The Morgan fingerprint density at radius 3 is 3.11 bits per heavy atom. The summed E-state index contributed by atoms with van der Waals surface area (Å²) in [6, 6.07) is 3.84. The van der Waals surface area contributed by atoms with Gasteiger partial charge in [0.1, 0.15) is 0 Å². The molecule has 1 unspecified atom stereocenters. The maximum Gasteiger partial charge on any atom is 0.226 e. The first kappa shape index (κ1) is 12.5. The molecule has 1 atom stereocenters. The lowest BCUT2D eigenvalue weighted by Crippen LogP contribution is -2.48. The van der Waals surface area contributed by atoms with Crippen molar-refractivity contribution in [3.63, 3.8) is 0 Å². The molecule has 0 saturated carbocycles. The third-order valence-corrected chi connectivity index (χ3v) is 3.08. The van der Waals surface area contributed by atoms with Crippen LogP contribution < -0.4 is 10.6 Å². The Balaban J connectivity index is 1.86. The Morgan fingerprint density at radius 2 is 2.44 bits per heavy atom. The van der Waals surface area contributed by atoms with E-state index in [1.807, 2.05) is 19.1 Å². The van der Waals surface area contributed by atoms with Crippen molar-refractivity contribution in [1.29, 1.82) is 0 Å². The molecule has 1 aromatic heterocycles. The summed E-state index contributed by atoms with van der Waals surface area (Å²) >= 11 is 0. The van der Waals surface area contributed by atoms with E-state index in [4.69, 9.17) is 0 Å². The van der Waals surface area contributed by atoms with Gasteiger partial charge in [-0.05, 0) is 25.0 Å². The van der Waals surface area contributed by atoms with E-state index in [2.05, 4.69) is 15.6 Å². The van der Waals surface area contributed by atoms with Crippen LogP contribution in [-0.4, -0.2) is 29.4 Å². The third kappa shape index (κ3) is 3.29. The average molecular weight is 247 g/mol. The molecule has 1 saturated heterocycles. The van der Waals surface area contributed by atoms with Gasteiger partial charge in [0.15, 0.2) is 0 Å². The molecule has 18 heavy (non-hydrogen) atoms. The first-order chi connectivity index (χ1) is 8.65. The van der Waals surface area contributed by atoms with Gasteiger partial charge in [0.05, 0.1) is 12.1 Å². The highest BCUT2D eigenvalue weighted by atomic mass is 16.2. The Bertz CT molecular complexity index is 449. The topological polar surface area (TPSA) is 71.1 Å². The van der Waals surface area contributed by atoms with E-state index in [1.165, 1.54) is 0 Å². The minimum atomic E-state index is -0.0436. The number of hydrogen-bond donors (Lipinski definition) is 2. The zero-order valence-corrected chi connectivity index (χ0v) is 10.4. The fourth-order valence-electron chi connectivity index (χ4n) is 1.99. The number of amides is 2. The number of hydrogen-bond acceptors (Lipinski definition) is 3. The molecule has 1 aliphatic rings. The zero-order chi connectivity index (χ0) is 13.0. The summed E-state index contributed by atoms with van der Waals surface area (Å²) < 4.78 is 0. The molecule has 0 bridgehead atoms. The molecule has 1 aromatic rings. The number of pyridine rings is 1. The van der Waals surface area contributed by atoms with E-state index < -0.39 is 0 Å². The molecular formula is C13H17N3O2. The van der Waals surface area contributed by atoms with Crippen molar-refractivity contribution in [1.82, 2.24) is 15.6 Å². The number of carbonyl (C=O) groups excluding carboxylic acids is 2. The van der Waals surface area contributed by atoms with Crippen LogP contribution in [0.15, 0.2) is 18.3 Å². The molecule has 2 heterocycles. The summed E-state index contributed by atoms with van der Waals surface area (Å²) in [5.74, 6) is 0.0130. The van der Waals surface area contributed by atoms with Gasteiger partial charge in [-0.15, -0.1) is 0 Å². The van der Waals surface area contributed by atoms with E-state index in [0.717, 1.165) is 11.3 Å². The van der Waals surface area contributed by atoms with Gasteiger partial charge in [0.2, 0.25) is 11.8 Å². The Labute approximate surface area is 106 Å². The van der Waals surface area contributed by atoms with E-state index in [1.54, 1.807) is 6.20 Å². The summed E-state index contributed by atoms with van der Waals surface area (Å²) in [6.07, 6.45) is 3.17. The van der Waals surface area contributed by atoms with Crippen LogP contribution >= 0.6 is 0 Å². The lowest BCUT2D eigenvalue weighted by molar-refractivity contribution is -0.125. The van der Waals surface area contributed by atoms with Gasteiger partial charge < -0.3 is 10.6 Å². The van der Waals surface area contributed by atoms with Crippen molar-refractivity contribution in [2.45, 2.75) is 32.2 Å². The SMILES string of the molecule is Cc1cccnc1CC(=O)NC1CCC(=O)NC1. The van der Waals surface area contributed by atoms with Gasteiger partial charge in [-0.25, -0.2) is 0 Å². The number of carbonyl (C=O) groups is 2. The van der Waals surface area contributed by atoms with Crippen molar-refractivity contribution >= 4 is 11.8 Å². The molecule has 0 radical (unpaired) electrons. The molecule has 1 aliphatic heterocycles. The first-order valence-electron chi connectivity index (χ1n) is 6.11. The highest BCUT2D eigenvalue weighted by molar-refractivity contribution is 5.80. The second-order valence-corrected chi connectivity index (χ2v) is 4.55. The van der Waals surface area contributed by atoms with Crippen molar-refractivity contribution in [3.05, 3.63) is 29.6 Å². The predicted octanol–water partition coefficient (Wildman–Crippen LogP) is 0.327. The van der Waals surface area contributed by atoms with Gasteiger partial charge in [0, 0.05) is 25.2 Å². The van der Waals surface area contributed by atoms with Gasteiger partial charge >= 0.3 is 0 Å². The molecule has 1 fully saturated rings. The summed E-state index contributed by atoms with van der Waals surface area (Å²) in [5.41, 5.74) is 1.82. The van der Waals surface area contributed by atoms with Crippen LogP contribution in [0.4, 0.5) is 0 Å². The van der Waals surface area contributed by atoms with Crippen molar-refractivity contribution in [2.24, 2.45) is 0 Å². The molecule has 5 nitrogen and oxygen atoms in total.